The summed E-state index contributed by atoms with van der Waals surface area (Å²) in [5.74, 6) is 0.192. The number of hydrogen-bond donors (Lipinski definition) is 1. The van der Waals surface area contributed by atoms with Gasteiger partial charge in [0.1, 0.15) is 12.9 Å². The van der Waals surface area contributed by atoms with Gasteiger partial charge in [0, 0.05) is 6.42 Å². The molecule has 0 aromatic heterocycles. The van der Waals surface area contributed by atoms with Crippen LogP contribution in [-0.2, 0) is 25.2 Å². The zero-order chi connectivity index (χ0) is 23.9. The molecule has 1 amide bonds. The molecule has 1 heterocycles. The molecular formula is C25H41NO5Si. The maximum absolute atomic E-state index is 11.8. The van der Waals surface area contributed by atoms with E-state index in [0.29, 0.717) is 13.0 Å². The fraction of sp³-hybridized carbons (Fsp3) is 0.640. The summed E-state index contributed by atoms with van der Waals surface area (Å²) in [6, 6.07) is 9.79. The molecule has 2 rings (SSSR count). The number of benzene rings is 1. The van der Waals surface area contributed by atoms with Gasteiger partial charge in [-0.3, -0.25) is 0 Å². The van der Waals surface area contributed by atoms with Gasteiger partial charge < -0.3 is 24.0 Å². The Morgan fingerprint density at radius 1 is 1.22 bits per heavy atom. The quantitative estimate of drug-likeness (QED) is 0.188. The lowest BCUT2D eigenvalue weighted by Crippen LogP contribution is -2.50. The number of amides is 1. The summed E-state index contributed by atoms with van der Waals surface area (Å²) in [6.45, 7) is 19.8. The number of hydrogen-bond acceptors (Lipinski definition) is 5. The van der Waals surface area contributed by atoms with Crippen molar-refractivity contribution >= 4 is 14.4 Å². The highest BCUT2D eigenvalue weighted by Crippen LogP contribution is 2.39. The van der Waals surface area contributed by atoms with Gasteiger partial charge in [0.25, 0.3) is 0 Å². The molecule has 1 N–H and O–H groups in total. The van der Waals surface area contributed by atoms with Gasteiger partial charge >= 0.3 is 6.09 Å². The number of cyclic esters (lactones) is 1. The Hall–Kier alpha value is -1.67. The second kappa shape index (κ2) is 11.5. The third-order valence-corrected chi connectivity index (χ3v) is 10.9. The van der Waals surface area contributed by atoms with Gasteiger partial charge in [0.2, 0.25) is 0 Å². The molecule has 1 fully saturated rings. The number of carbonyl (C=O) groups excluding carboxylic acids is 1. The van der Waals surface area contributed by atoms with E-state index in [1.807, 2.05) is 30.3 Å². The van der Waals surface area contributed by atoms with Crippen molar-refractivity contribution in [3.05, 3.63) is 48.6 Å². The second-order valence-electron chi connectivity index (χ2n) is 10.3. The van der Waals surface area contributed by atoms with Crippen LogP contribution in [0.1, 0.15) is 46.6 Å². The minimum absolute atomic E-state index is 0.0407. The van der Waals surface area contributed by atoms with Crippen LogP contribution in [0.2, 0.25) is 18.1 Å². The van der Waals surface area contributed by atoms with E-state index in [1.54, 1.807) is 6.08 Å². The molecule has 1 aromatic rings. The first-order chi connectivity index (χ1) is 14.9. The molecule has 0 aliphatic carbocycles. The van der Waals surface area contributed by atoms with Crippen molar-refractivity contribution in [1.82, 2.24) is 5.32 Å². The molecule has 0 bridgehead atoms. The molecule has 1 aromatic carbocycles. The molecular weight excluding hydrogens is 422 g/mol. The van der Waals surface area contributed by atoms with Gasteiger partial charge in [-0.1, -0.05) is 71.0 Å². The smallest absolute Gasteiger partial charge is 0.408 e. The van der Waals surface area contributed by atoms with Crippen molar-refractivity contribution in [2.75, 3.05) is 6.79 Å². The summed E-state index contributed by atoms with van der Waals surface area (Å²) in [6.07, 6.45) is 1.04. The van der Waals surface area contributed by atoms with Crippen molar-refractivity contribution < 1.29 is 23.4 Å². The van der Waals surface area contributed by atoms with Crippen molar-refractivity contribution in [3.8, 4) is 0 Å². The van der Waals surface area contributed by atoms with Gasteiger partial charge in [0.05, 0.1) is 24.9 Å². The highest BCUT2D eigenvalue weighted by molar-refractivity contribution is 6.74. The van der Waals surface area contributed by atoms with Crippen LogP contribution in [0.3, 0.4) is 0 Å². The Morgan fingerprint density at radius 3 is 2.44 bits per heavy atom. The lowest BCUT2D eigenvalue weighted by Gasteiger charge is -2.42. The van der Waals surface area contributed by atoms with Crippen molar-refractivity contribution in [2.45, 2.75) is 90.1 Å². The van der Waals surface area contributed by atoms with E-state index in [0.717, 1.165) is 5.56 Å². The van der Waals surface area contributed by atoms with Crippen LogP contribution in [-0.4, -0.2) is 45.6 Å². The molecule has 4 atom stereocenters. The van der Waals surface area contributed by atoms with Gasteiger partial charge in [-0.25, -0.2) is 4.79 Å². The molecule has 0 unspecified atom stereocenters. The molecule has 7 heteroatoms. The SMILES string of the molecule is C=C[C@@H]1NC(=O)O[C@H]1C[C@H](O[Si](C)(C)C(C)(C)C)[C@@H](OCOCc1ccccc1)C(C)C. The Bertz CT molecular complexity index is 732. The minimum atomic E-state index is -2.11. The lowest BCUT2D eigenvalue weighted by atomic mass is 9.95. The summed E-state index contributed by atoms with van der Waals surface area (Å²) in [5.41, 5.74) is 1.10. The van der Waals surface area contributed by atoms with E-state index in [4.69, 9.17) is 18.6 Å². The predicted octanol–water partition coefficient (Wildman–Crippen LogP) is 5.65. The van der Waals surface area contributed by atoms with Crippen LogP contribution >= 0.6 is 0 Å². The molecule has 0 spiro atoms. The summed E-state index contributed by atoms with van der Waals surface area (Å²) >= 11 is 0. The fourth-order valence-corrected chi connectivity index (χ4v) is 4.84. The summed E-state index contributed by atoms with van der Waals surface area (Å²) in [4.78, 5) is 11.8. The molecule has 0 saturated carbocycles. The first-order valence-corrected chi connectivity index (χ1v) is 14.4. The molecule has 32 heavy (non-hydrogen) atoms. The number of alkyl carbamates (subject to hydrolysis) is 1. The van der Waals surface area contributed by atoms with Crippen LogP contribution in [0.15, 0.2) is 43.0 Å². The van der Waals surface area contributed by atoms with Gasteiger partial charge in [-0.05, 0) is 29.6 Å². The van der Waals surface area contributed by atoms with E-state index >= 15 is 0 Å². The van der Waals surface area contributed by atoms with E-state index < -0.39 is 14.4 Å². The van der Waals surface area contributed by atoms with Crippen LogP contribution in [0.5, 0.6) is 0 Å². The van der Waals surface area contributed by atoms with Crippen LogP contribution < -0.4 is 5.32 Å². The Kier molecular flexibility index (Phi) is 9.51. The Balaban J connectivity index is 2.13. The maximum atomic E-state index is 11.8. The molecule has 1 aliphatic rings. The third-order valence-electron chi connectivity index (χ3n) is 6.39. The van der Waals surface area contributed by atoms with Crippen LogP contribution in [0, 0.1) is 5.92 Å². The first kappa shape index (κ1) is 26.6. The summed E-state index contributed by atoms with van der Waals surface area (Å²) < 4.78 is 24.4. The zero-order valence-electron chi connectivity index (χ0n) is 20.7. The van der Waals surface area contributed by atoms with E-state index in [2.05, 4.69) is 59.6 Å². The Morgan fingerprint density at radius 2 is 1.88 bits per heavy atom. The highest BCUT2D eigenvalue weighted by atomic mass is 28.4. The maximum Gasteiger partial charge on any atom is 0.408 e. The molecule has 1 aliphatic heterocycles. The number of rotatable bonds is 12. The fourth-order valence-electron chi connectivity index (χ4n) is 3.50. The van der Waals surface area contributed by atoms with Crippen LogP contribution in [0.4, 0.5) is 4.79 Å². The number of carbonyl (C=O) groups is 1. The lowest BCUT2D eigenvalue weighted by molar-refractivity contribution is -0.144. The molecule has 1 saturated heterocycles. The van der Waals surface area contributed by atoms with E-state index in [9.17, 15) is 4.79 Å². The number of ether oxygens (including phenoxy) is 3. The molecule has 0 radical (unpaired) electrons. The Labute approximate surface area is 194 Å². The first-order valence-electron chi connectivity index (χ1n) is 11.5. The summed E-state index contributed by atoms with van der Waals surface area (Å²) in [7, 11) is -2.11. The normalized spacial score (nSPS) is 21.2. The topological polar surface area (TPSA) is 66.0 Å². The zero-order valence-corrected chi connectivity index (χ0v) is 21.7. The number of nitrogens with one attached hydrogen (secondary N) is 1. The molecule has 180 valence electrons. The van der Waals surface area contributed by atoms with Crippen molar-refractivity contribution in [3.63, 3.8) is 0 Å². The molecule has 6 nitrogen and oxygen atoms in total. The second-order valence-corrected chi connectivity index (χ2v) is 15.1. The van der Waals surface area contributed by atoms with Crippen molar-refractivity contribution in [2.24, 2.45) is 5.92 Å². The minimum Gasteiger partial charge on any atom is -0.444 e. The van der Waals surface area contributed by atoms with Gasteiger partial charge in [0.15, 0.2) is 8.32 Å². The van der Waals surface area contributed by atoms with Gasteiger partial charge in [-0.2, -0.15) is 0 Å². The third kappa shape index (κ3) is 7.44. The average Bonchev–Trinajstić information content (AvgIpc) is 3.06. The standard InChI is InChI=1S/C25H41NO5Si/c1-9-20-21(30-24(27)26-20)15-22(31-32(7,8)25(4,5)6)23(18(2)3)29-17-28-16-19-13-11-10-12-14-19/h9-14,18,20-23H,1,15-17H2,2-8H3,(H,26,27)/t20-,21-,22-,23-/m0/s1. The largest absolute Gasteiger partial charge is 0.444 e. The highest BCUT2D eigenvalue weighted by Gasteiger charge is 2.44. The summed E-state index contributed by atoms with van der Waals surface area (Å²) in [5, 5.41) is 2.84. The van der Waals surface area contributed by atoms with Gasteiger partial charge in [-0.15, -0.1) is 6.58 Å². The van der Waals surface area contributed by atoms with E-state index in [-0.39, 0.29) is 42.1 Å². The van der Waals surface area contributed by atoms with Crippen LogP contribution in [0.25, 0.3) is 0 Å². The average molecular weight is 464 g/mol. The monoisotopic (exact) mass is 463 g/mol. The van der Waals surface area contributed by atoms with Crippen molar-refractivity contribution in [1.29, 1.82) is 0 Å². The van der Waals surface area contributed by atoms with E-state index in [1.165, 1.54) is 0 Å². The predicted molar refractivity (Wildman–Crippen MR) is 130 cm³/mol.